The van der Waals surface area contributed by atoms with Crippen LogP contribution in [0.5, 0.6) is 11.5 Å². The first kappa shape index (κ1) is 18.8. The van der Waals surface area contributed by atoms with Crippen LogP contribution in [0.1, 0.15) is 16.8 Å². The van der Waals surface area contributed by atoms with E-state index in [0.29, 0.717) is 49.1 Å². The molecule has 0 spiro atoms. The van der Waals surface area contributed by atoms with Gasteiger partial charge in [-0.3, -0.25) is 14.4 Å². The van der Waals surface area contributed by atoms with Gasteiger partial charge in [0.2, 0.25) is 11.8 Å². The maximum atomic E-state index is 12.8. The van der Waals surface area contributed by atoms with Crippen LogP contribution in [-0.2, 0) is 9.59 Å². The van der Waals surface area contributed by atoms with E-state index in [1.54, 1.807) is 42.5 Å². The largest absolute Gasteiger partial charge is 0.486 e. The van der Waals surface area contributed by atoms with Gasteiger partial charge in [0.15, 0.2) is 11.5 Å². The normalized spacial score (nSPS) is 18.0. The standard InChI is InChI=1S/C21H21N3O5/c25-19(23-15-6-7-17-18(12-15)29-11-10-28-17)13-16-20(26)22-8-9-24(16)21(27)14-4-2-1-3-5-14/h1-7,12,16H,8-11,13H2,(H,22,26)(H,23,25). The van der Waals surface area contributed by atoms with Crippen molar-refractivity contribution in [2.24, 2.45) is 0 Å². The third-order valence-electron chi connectivity index (χ3n) is 4.82. The topological polar surface area (TPSA) is 97.0 Å². The van der Waals surface area contributed by atoms with E-state index in [1.807, 2.05) is 6.07 Å². The Morgan fingerprint density at radius 2 is 1.83 bits per heavy atom. The van der Waals surface area contributed by atoms with Gasteiger partial charge >= 0.3 is 0 Å². The lowest BCUT2D eigenvalue weighted by atomic mass is 10.1. The number of benzene rings is 2. The second-order valence-corrected chi connectivity index (χ2v) is 6.78. The first-order valence-corrected chi connectivity index (χ1v) is 9.45. The van der Waals surface area contributed by atoms with Gasteiger partial charge in [-0.05, 0) is 24.3 Å². The fourth-order valence-electron chi connectivity index (χ4n) is 3.42. The fourth-order valence-corrected chi connectivity index (χ4v) is 3.42. The molecule has 1 unspecified atom stereocenters. The quantitative estimate of drug-likeness (QED) is 0.816. The molecule has 1 saturated heterocycles. The summed E-state index contributed by atoms with van der Waals surface area (Å²) < 4.78 is 11.0. The van der Waals surface area contributed by atoms with Crippen LogP contribution in [0.15, 0.2) is 48.5 Å². The maximum absolute atomic E-state index is 12.8. The highest BCUT2D eigenvalue weighted by Gasteiger charge is 2.35. The predicted molar refractivity (Wildman–Crippen MR) is 105 cm³/mol. The molecule has 0 aromatic heterocycles. The second-order valence-electron chi connectivity index (χ2n) is 6.78. The molecule has 8 nitrogen and oxygen atoms in total. The van der Waals surface area contributed by atoms with Crippen LogP contribution in [0, 0.1) is 0 Å². The molecule has 29 heavy (non-hydrogen) atoms. The molecule has 0 aliphatic carbocycles. The molecule has 0 radical (unpaired) electrons. The van der Waals surface area contributed by atoms with Crippen molar-refractivity contribution >= 4 is 23.4 Å². The van der Waals surface area contributed by atoms with E-state index >= 15 is 0 Å². The molecule has 1 fully saturated rings. The lowest BCUT2D eigenvalue weighted by Gasteiger charge is -2.34. The molecule has 1 atom stereocenters. The van der Waals surface area contributed by atoms with Crippen LogP contribution in [0.4, 0.5) is 5.69 Å². The monoisotopic (exact) mass is 395 g/mol. The van der Waals surface area contributed by atoms with Gasteiger partial charge in [-0.1, -0.05) is 18.2 Å². The minimum Gasteiger partial charge on any atom is -0.486 e. The number of piperazine rings is 1. The summed E-state index contributed by atoms with van der Waals surface area (Å²) in [5, 5.41) is 5.50. The van der Waals surface area contributed by atoms with Gasteiger partial charge in [-0.25, -0.2) is 0 Å². The zero-order chi connectivity index (χ0) is 20.2. The van der Waals surface area contributed by atoms with Crippen molar-refractivity contribution in [3.05, 3.63) is 54.1 Å². The number of carbonyl (C=O) groups excluding carboxylic acids is 3. The first-order valence-electron chi connectivity index (χ1n) is 9.45. The summed E-state index contributed by atoms with van der Waals surface area (Å²) in [5.41, 5.74) is 1.02. The van der Waals surface area contributed by atoms with Crippen LogP contribution < -0.4 is 20.1 Å². The Labute approximate surface area is 167 Å². The summed E-state index contributed by atoms with van der Waals surface area (Å²) in [6.45, 7) is 1.64. The van der Waals surface area contributed by atoms with Gasteiger partial charge in [0.25, 0.3) is 5.91 Å². The molecule has 2 aromatic carbocycles. The third kappa shape index (κ3) is 4.16. The summed E-state index contributed by atoms with van der Waals surface area (Å²) in [6.07, 6.45) is -0.140. The molecule has 150 valence electrons. The van der Waals surface area contributed by atoms with Gasteiger partial charge in [-0.2, -0.15) is 0 Å². The average molecular weight is 395 g/mol. The zero-order valence-corrected chi connectivity index (χ0v) is 15.7. The summed E-state index contributed by atoms with van der Waals surface area (Å²) in [6, 6.07) is 13.0. The number of amides is 3. The Morgan fingerprint density at radius 3 is 2.62 bits per heavy atom. The van der Waals surface area contributed by atoms with E-state index in [1.165, 1.54) is 4.90 Å². The highest BCUT2D eigenvalue weighted by Crippen LogP contribution is 2.32. The van der Waals surface area contributed by atoms with E-state index in [0.717, 1.165) is 0 Å². The summed E-state index contributed by atoms with van der Waals surface area (Å²) in [5.74, 6) is 0.218. The highest BCUT2D eigenvalue weighted by molar-refractivity contribution is 6.01. The molecule has 2 aliphatic heterocycles. The van der Waals surface area contributed by atoms with E-state index in [-0.39, 0.29) is 24.1 Å². The van der Waals surface area contributed by atoms with Crippen LogP contribution in [0.25, 0.3) is 0 Å². The van der Waals surface area contributed by atoms with Gasteiger partial charge in [0.1, 0.15) is 19.3 Å². The van der Waals surface area contributed by atoms with Crippen molar-refractivity contribution in [1.82, 2.24) is 10.2 Å². The Bertz CT molecular complexity index is 931. The van der Waals surface area contributed by atoms with Gasteiger partial charge in [0.05, 0.1) is 6.42 Å². The molecule has 0 bridgehead atoms. The van der Waals surface area contributed by atoms with Crippen molar-refractivity contribution in [3.63, 3.8) is 0 Å². The smallest absolute Gasteiger partial charge is 0.254 e. The van der Waals surface area contributed by atoms with E-state index < -0.39 is 6.04 Å². The SMILES string of the molecule is O=C(CC1C(=O)NCCN1C(=O)c1ccccc1)Nc1ccc2c(c1)OCCO2. The molecule has 2 aromatic rings. The number of fused-ring (bicyclic) bond motifs is 1. The molecule has 0 saturated carbocycles. The number of ether oxygens (including phenoxy) is 2. The number of hydrogen-bond donors (Lipinski definition) is 2. The van der Waals surface area contributed by atoms with E-state index in [2.05, 4.69) is 10.6 Å². The third-order valence-corrected chi connectivity index (χ3v) is 4.82. The lowest BCUT2D eigenvalue weighted by Crippen LogP contribution is -2.58. The molecular formula is C21H21N3O5. The lowest BCUT2D eigenvalue weighted by molar-refractivity contribution is -0.131. The highest BCUT2D eigenvalue weighted by atomic mass is 16.6. The summed E-state index contributed by atoms with van der Waals surface area (Å²) in [4.78, 5) is 39.3. The first-order chi connectivity index (χ1) is 14.1. The minimum absolute atomic E-state index is 0.140. The van der Waals surface area contributed by atoms with Crippen LogP contribution in [0.2, 0.25) is 0 Å². The number of rotatable bonds is 4. The maximum Gasteiger partial charge on any atom is 0.254 e. The van der Waals surface area contributed by atoms with Crippen molar-refractivity contribution in [2.45, 2.75) is 12.5 Å². The van der Waals surface area contributed by atoms with Crippen LogP contribution >= 0.6 is 0 Å². The van der Waals surface area contributed by atoms with Crippen molar-refractivity contribution in [2.75, 3.05) is 31.6 Å². The molecule has 4 rings (SSSR count). The van der Waals surface area contributed by atoms with E-state index in [9.17, 15) is 14.4 Å². The van der Waals surface area contributed by atoms with Crippen molar-refractivity contribution in [3.8, 4) is 11.5 Å². The van der Waals surface area contributed by atoms with Gasteiger partial charge < -0.3 is 25.0 Å². The van der Waals surface area contributed by atoms with Gasteiger partial charge in [-0.15, -0.1) is 0 Å². The summed E-state index contributed by atoms with van der Waals surface area (Å²) >= 11 is 0. The molecule has 2 N–H and O–H groups in total. The minimum atomic E-state index is -0.867. The van der Waals surface area contributed by atoms with Crippen molar-refractivity contribution < 1.29 is 23.9 Å². The number of carbonyl (C=O) groups is 3. The van der Waals surface area contributed by atoms with E-state index in [4.69, 9.17) is 9.47 Å². The Balaban J connectivity index is 1.46. The fraction of sp³-hybridized carbons (Fsp3) is 0.286. The van der Waals surface area contributed by atoms with Crippen LogP contribution in [-0.4, -0.2) is 55.0 Å². The van der Waals surface area contributed by atoms with Crippen molar-refractivity contribution in [1.29, 1.82) is 0 Å². The second kappa shape index (κ2) is 8.22. The Morgan fingerprint density at radius 1 is 1.07 bits per heavy atom. The number of nitrogens with one attached hydrogen (secondary N) is 2. The number of anilines is 1. The average Bonchev–Trinajstić information content (AvgIpc) is 2.75. The molecule has 8 heteroatoms. The Kier molecular flexibility index (Phi) is 5.33. The molecule has 2 aliphatic rings. The molecule has 3 amide bonds. The molecule has 2 heterocycles. The van der Waals surface area contributed by atoms with Crippen LogP contribution in [0.3, 0.4) is 0 Å². The summed E-state index contributed by atoms with van der Waals surface area (Å²) in [7, 11) is 0. The number of nitrogens with zero attached hydrogens (tertiary/aromatic N) is 1. The zero-order valence-electron chi connectivity index (χ0n) is 15.7. The van der Waals surface area contributed by atoms with Gasteiger partial charge in [0, 0.05) is 30.4 Å². The predicted octanol–water partition coefficient (Wildman–Crippen LogP) is 1.43. The molecular weight excluding hydrogens is 374 g/mol. The number of hydrogen-bond acceptors (Lipinski definition) is 5. The Hall–Kier alpha value is -3.55.